The van der Waals surface area contributed by atoms with Crippen LogP contribution in [0.25, 0.3) is 0 Å². The van der Waals surface area contributed by atoms with Gasteiger partial charge < -0.3 is 5.73 Å². The van der Waals surface area contributed by atoms with Crippen molar-refractivity contribution in [2.75, 3.05) is 18.0 Å². The third kappa shape index (κ3) is 1.97. The van der Waals surface area contributed by atoms with Gasteiger partial charge in [0.15, 0.2) is 0 Å². The number of nitrogens with zero attached hydrogens (tertiary/aromatic N) is 2. The number of amides is 1. The molecule has 15 heavy (non-hydrogen) atoms. The van der Waals surface area contributed by atoms with E-state index in [0.29, 0.717) is 25.3 Å². The molecule has 5 heteroatoms. The van der Waals surface area contributed by atoms with E-state index in [0.717, 1.165) is 6.20 Å². The quantitative estimate of drug-likeness (QED) is 0.773. The Morgan fingerprint density at radius 2 is 2.40 bits per heavy atom. The van der Waals surface area contributed by atoms with E-state index in [9.17, 15) is 9.18 Å². The summed E-state index contributed by atoms with van der Waals surface area (Å²) in [5.41, 5.74) is 5.50. The monoisotopic (exact) mass is 209 g/mol. The molecule has 2 heterocycles. The fraction of sp³-hybridized carbons (Fsp3) is 0.400. The van der Waals surface area contributed by atoms with E-state index in [1.807, 2.05) is 0 Å². The van der Waals surface area contributed by atoms with Crippen LogP contribution in [0.5, 0.6) is 0 Å². The average Bonchev–Trinajstić information content (AvgIpc) is 2.61. The predicted molar refractivity (Wildman–Crippen MR) is 53.7 cm³/mol. The summed E-state index contributed by atoms with van der Waals surface area (Å²) in [4.78, 5) is 17.0. The molecule has 1 atom stereocenters. The summed E-state index contributed by atoms with van der Waals surface area (Å²) < 4.78 is 12.6. The molecule has 0 spiro atoms. The normalized spacial score (nSPS) is 21.1. The zero-order valence-electron chi connectivity index (χ0n) is 8.19. The Kier molecular flexibility index (Phi) is 2.64. The molecule has 2 rings (SSSR count). The maximum atomic E-state index is 12.6. The van der Waals surface area contributed by atoms with Crippen LogP contribution in [0.2, 0.25) is 0 Å². The predicted octanol–water partition coefficient (Wildman–Crippen LogP) is 0.532. The van der Waals surface area contributed by atoms with Gasteiger partial charge in [-0.15, -0.1) is 0 Å². The summed E-state index contributed by atoms with van der Waals surface area (Å²) in [6.07, 6.45) is 1.56. The van der Waals surface area contributed by atoms with Crippen molar-refractivity contribution in [1.29, 1.82) is 0 Å². The van der Waals surface area contributed by atoms with Gasteiger partial charge in [0.05, 0.1) is 6.20 Å². The zero-order valence-corrected chi connectivity index (χ0v) is 8.19. The van der Waals surface area contributed by atoms with Crippen molar-refractivity contribution >= 4 is 11.7 Å². The lowest BCUT2D eigenvalue weighted by atomic mass is 10.1. The molecule has 0 bridgehead atoms. The van der Waals surface area contributed by atoms with Crippen LogP contribution in [-0.4, -0.2) is 24.0 Å². The number of halogens is 1. The Labute approximate surface area is 86.9 Å². The molecule has 1 aromatic rings. The lowest BCUT2D eigenvalue weighted by molar-refractivity contribution is -0.117. The second-order valence-electron chi connectivity index (χ2n) is 3.64. The summed E-state index contributed by atoms with van der Waals surface area (Å²) in [7, 11) is 0. The SMILES string of the molecule is NCC1CC(=O)N(c2ccc(F)cn2)C1. The first-order valence-corrected chi connectivity index (χ1v) is 4.82. The summed E-state index contributed by atoms with van der Waals surface area (Å²) in [5.74, 6) is 0.284. The van der Waals surface area contributed by atoms with Crippen molar-refractivity contribution in [2.24, 2.45) is 11.7 Å². The Bertz CT molecular complexity index is 365. The first kappa shape index (κ1) is 10.0. The Morgan fingerprint density at radius 1 is 1.60 bits per heavy atom. The maximum Gasteiger partial charge on any atom is 0.228 e. The highest BCUT2D eigenvalue weighted by molar-refractivity contribution is 5.94. The Balaban J connectivity index is 2.18. The zero-order chi connectivity index (χ0) is 10.8. The highest BCUT2D eigenvalue weighted by Gasteiger charge is 2.30. The van der Waals surface area contributed by atoms with E-state index in [1.165, 1.54) is 12.1 Å². The molecule has 0 aliphatic carbocycles. The highest BCUT2D eigenvalue weighted by atomic mass is 19.1. The van der Waals surface area contributed by atoms with Gasteiger partial charge in [-0.1, -0.05) is 0 Å². The fourth-order valence-electron chi connectivity index (χ4n) is 1.69. The van der Waals surface area contributed by atoms with Crippen LogP contribution >= 0.6 is 0 Å². The molecule has 1 aliphatic heterocycles. The van der Waals surface area contributed by atoms with Gasteiger partial charge in [0.1, 0.15) is 11.6 Å². The van der Waals surface area contributed by atoms with Crippen molar-refractivity contribution in [3.63, 3.8) is 0 Å². The molecule has 1 aliphatic rings. The molecule has 80 valence electrons. The van der Waals surface area contributed by atoms with Crippen LogP contribution < -0.4 is 10.6 Å². The number of rotatable bonds is 2. The number of aromatic nitrogens is 1. The number of carbonyl (C=O) groups excluding carboxylic acids is 1. The number of hydrogen-bond acceptors (Lipinski definition) is 3. The lowest BCUT2D eigenvalue weighted by Gasteiger charge is -2.14. The van der Waals surface area contributed by atoms with Gasteiger partial charge in [-0.2, -0.15) is 0 Å². The maximum absolute atomic E-state index is 12.6. The number of carbonyl (C=O) groups is 1. The second kappa shape index (κ2) is 3.94. The lowest BCUT2D eigenvalue weighted by Crippen LogP contribution is -2.26. The van der Waals surface area contributed by atoms with E-state index < -0.39 is 5.82 Å². The number of hydrogen-bond donors (Lipinski definition) is 1. The van der Waals surface area contributed by atoms with E-state index in [4.69, 9.17) is 5.73 Å². The minimum absolute atomic E-state index is 0.00422. The van der Waals surface area contributed by atoms with E-state index >= 15 is 0 Å². The Hall–Kier alpha value is -1.49. The van der Waals surface area contributed by atoms with Crippen LogP contribution in [0.3, 0.4) is 0 Å². The summed E-state index contributed by atoms with van der Waals surface area (Å²) in [6.45, 7) is 1.07. The van der Waals surface area contributed by atoms with Crippen molar-refractivity contribution in [3.05, 3.63) is 24.1 Å². The standard InChI is InChI=1S/C10H12FN3O/c11-8-1-2-9(13-5-8)14-6-7(4-12)3-10(14)15/h1-2,5,7H,3-4,6,12H2. The van der Waals surface area contributed by atoms with Gasteiger partial charge in [-0.05, 0) is 24.6 Å². The third-order valence-corrected chi connectivity index (χ3v) is 2.53. The second-order valence-corrected chi connectivity index (χ2v) is 3.64. The van der Waals surface area contributed by atoms with Crippen LogP contribution in [0.4, 0.5) is 10.2 Å². The van der Waals surface area contributed by atoms with Gasteiger partial charge in [0.2, 0.25) is 5.91 Å². The van der Waals surface area contributed by atoms with Crippen LogP contribution in [0.1, 0.15) is 6.42 Å². The summed E-state index contributed by atoms with van der Waals surface area (Å²) in [5, 5.41) is 0. The molecule has 1 unspecified atom stereocenters. The van der Waals surface area contributed by atoms with Gasteiger partial charge in [-0.3, -0.25) is 9.69 Å². The highest BCUT2D eigenvalue weighted by Crippen LogP contribution is 2.22. The Morgan fingerprint density at radius 3 is 2.93 bits per heavy atom. The van der Waals surface area contributed by atoms with Gasteiger partial charge >= 0.3 is 0 Å². The van der Waals surface area contributed by atoms with E-state index in [-0.39, 0.29) is 11.8 Å². The molecule has 0 saturated carbocycles. The van der Waals surface area contributed by atoms with E-state index in [1.54, 1.807) is 4.90 Å². The molecular weight excluding hydrogens is 197 g/mol. The largest absolute Gasteiger partial charge is 0.330 e. The van der Waals surface area contributed by atoms with Crippen molar-refractivity contribution in [1.82, 2.24) is 4.98 Å². The molecule has 1 aromatic heterocycles. The minimum Gasteiger partial charge on any atom is -0.330 e. The van der Waals surface area contributed by atoms with Crippen molar-refractivity contribution in [3.8, 4) is 0 Å². The number of nitrogens with two attached hydrogens (primary N) is 1. The van der Waals surface area contributed by atoms with E-state index in [2.05, 4.69) is 4.98 Å². The fourth-order valence-corrected chi connectivity index (χ4v) is 1.69. The van der Waals surface area contributed by atoms with Gasteiger partial charge in [0.25, 0.3) is 0 Å². The van der Waals surface area contributed by atoms with Gasteiger partial charge in [-0.25, -0.2) is 9.37 Å². The molecule has 2 N–H and O–H groups in total. The molecule has 4 nitrogen and oxygen atoms in total. The molecular formula is C10H12FN3O. The summed E-state index contributed by atoms with van der Waals surface area (Å²) in [6, 6.07) is 2.80. The molecule has 0 radical (unpaired) electrons. The first-order chi connectivity index (χ1) is 7.20. The molecule has 1 saturated heterocycles. The third-order valence-electron chi connectivity index (χ3n) is 2.53. The number of pyridine rings is 1. The van der Waals surface area contributed by atoms with Crippen LogP contribution in [-0.2, 0) is 4.79 Å². The molecule has 0 aromatic carbocycles. The minimum atomic E-state index is -0.402. The van der Waals surface area contributed by atoms with Crippen molar-refractivity contribution < 1.29 is 9.18 Å². The number of anilines is 1. The first-order valence-electron chi connectivity index (χ1n) is 4.82. The topological polar surface area (TPSA) is 59.2 Å². The smallest absolute Gasteiger partial charge is 0.228 e. The average molecular weight is 209 g/mol. The summed E-state index contributed by atoms with van der Waals surface area (Å²) >= 11 is 0. The molecule has 1 fully saturated rings. The van der Waals surface area contributed by atoms with Crippen molar-refractivity contribution in [2.45, 2.75) is 6.42 Å². The van der Waals surface area contributed by atoms with Gasteiger partial charge in [0, 0.05) is 13.0 Å². The van der Waals surface area contributed by atoms with Crippen LogP contribution in [0.15, 0.2) is 18.3 Å². The molecule has 1 amide bonds. The van der Waals surface area contributed by atoms with Crippen LogP contribution in [0, 0.1) is 11.7 Å².